The summed E-state index contributed by atoms with van der Waals surface area (Å²) in [7, 11) is 0. The van der Waals surface area contributed by atoms with Crippen LogP contribution in [0.15, 0.2) is 22.7 Å². The molecule has 0 radical (unpaired) electrons. The molecule has 1 aliphatic rings. The Morgan fingerprint density at radius 1 is 1.32 bits per heavy atom. The minimum Gasteiger partial charge on any atom is -0.466 e. The molecule has 3 rings (SSSR count). The molecule has 0 aromatic carbocycles. The van der Waals surface area contributed by atoms with E-state index in [1.54, 1.807) is 0 Å². The number of hydrogen-bond donors (Lipinski definition) is 1. The van der Waals surface area contributed by atoms with E-state index in [1.165, 1.54) is 0 Å². The topological polar surface area (TPSA) is 67.6 Å². The molecule has 1 N–H and O–H groups in total. The fraction of sp³-hybridized carbons (Fsp3) is 0.474. The molecule has 6 heteroatoms. The standard InChI is InChI=1S/C19H25N3O3/c1-12-11-22(7-8-24-12)17-6-5-16(9-20-17)10-21-19(23)18-13(2)14(3)25-15(18)4/h5-6,9,12H,7-8,10-11H2,1-4H3,(H,21,23)/t12-/m1/s1. The largest absolute Gasteiger partial charge is 0.466 e. The predicted molar refractivity (Wildman–Crippen MR) is 96.0 cm³/mol. The van der Waals surface area contributed by atoms with Crippen molar-refractivity contribution in [3.63, 3.8) is 0 Å². The second kappa shape index (κ2) is 7.27. The van der Waals surface area contributed by atoms with Gasteiger partial charge in [0.05, 0.1) is 18.3 Å². The number of pyridine rings is 1. The van der Waals surface area contributed by atoms with E-state index in [2.05, 4.69) is 22.1 Å². The number of carbonyl (C=O) groups excluding carboxylic acids is 1. The highest BCUT2D eigenvalue weighted by atomic mass is 16.5. The molecule has 0 saturated carbocycles. The van der Waals surface area contributed by atoms with Crippen LogP contribution in [-0.2, 0) is 11.3 Å². The van der Waals surface area contributed by atoms with E-state index < -0.39 is 0 Å². The molecule has 0 bridgehead atoms. The average Bonchev–Trinajstić information content (AvgIpc) is 2.85. The normalized spacial score (nSPS) is 17.6. The summed E-state index contributed by atoms with van der Waals surface area (Å²) in [6.45, 7) is 10.5. The molecule has 25 heavy (non-hydrogen) atoms. The second-order valence-corrected chi connectivity index (χ2v) is 6.55. The molecule has 0 aliphatic carbocycles. The maximum atomic E-state index is 12.4. The van der Waals surface area contributed by atoms with Crippen LogP contribution in [0, 0.1) is 20.8 Å². The number of anilines is 1. The summed E-state index contributed by atoms with van der Waals surface area (Å²) in [4.78, 5) is 19.2. The molecule has 6 nitrogen and oxygen atoms in total. The van der Waals surface area contributed by atoms with Gasteiger partial charge in [-0.25, -0.2) is 4.98 Å². The number of nitrogens with one attached hydrogen (secondary N) is 1. The van der Waals surface area contributed by atoms with Gasteiger partial charge in [0.25, 0.3) is 5.91 Å². The third kappa shape index (κ3) is 3.85. The zero-order valence-electron chi connectivity index (χ0n) is 15.3. The molecule has 0 unspecified atom stereocenters. The molecule has 0 spiro atoms. The van der Waals surface area contributed by atoms with E-state index >= 15 is 0 Å². The molecule has 1 fully saturated rings. The summed E-state index contributed by atoms with van der Waals surface area (Å²) in [5, 5.41) is 2.94. The summed E-state index contributed by atoms with van der Waals surface area (Å²) < 4.78 is 11.1. The van der Waals surface area contributed by atoms with Gasteiger partial charge >= 0.3 is 0 Å². The van der Waals surface area contributed by atoms with Gasteiger partial charge in [0, 0.05) is 31.4 Å². The van der Waals surface area contributed by atoms with Gasteiger partial charge in [-0.15, -0.1) is 0 Å². The van der Waals surface area contributed by atoms with E-state index in [0.717, 1.165) is 42.4 Å². The van der Waals surface area contributed by atoms with Crippen molar-refractivity contribution in [2.75, 3.05) is 24.6 Å². The van der Waals surface area contributed by atoms with Crippen molar-refractivity contribution in [3.05, 3.63) is 46.5 Å². The molecule has 134 valence electrons. The molecule has 1 aliphatic heterocycles. The van der Waals surface area contributed by atoms with Gasteiger partial charge in [0.15, 0.2) is 0 Å². The Morgan fingerprint density at radius 2 is 2.12 bits per heavy atom. The Balaban J connectivity index is 1.61. The number of rotatable bonds is 4. The zero-order chi connectivity index (χ0) is 18.0. The number of furan rings is 1. The quantitative estimate of drug-likeness (QED) is 0.924. The average molecular weight is 343 g/mol. The van der Waals surface area contributed by atoms with Crippen LogP contribution in [0.2, 0.25) is 0 Å². The first-order valence-electron chi connectivity index (χ1n) is 8.62. The lowest BCUT2D eigenvalue weighted by Crippen LogP contribution is -2.41. The molecule has 2 aromatic rings. The second-order valence-electron chi connectivity index (χ2n) is 6.55. The molecular formula is C19H25N3O3. The monoisotopic (exact) mass is 343 g/mol. The van der Waals surface area contributed by atoms with Gasteiger partial charge in [-0.2, -0.15) is 0 Å². The van der Waals surface area contributed by atoms with E-state index in [-0.39, 0.29) is 12.0 Å². The number of aryl methyl sites for hydroxylation is 2. The van der Waals surface area contributed by atoms with Crippen LogP contribution >= 0.6 is 0 Å². The smallest absolute Gasteiger partial charge is 0.255 e. The number of ether oxygens (including phenoxy) is 1. The Hall–Kier alpha value is -2.34. The predicted octanol–water partition coefficient (Wildman–Crippen LogP) is 2.75. The molecule has 1 amide bonds. The number of amides is 1. The van der Waals surface area contributed by atoms with E-state index in [0.29, 0.717) is 17.9 Å². The number of aromatic nitrogens is 1. The summed E-state index contributed by atoms with van der Waals surface area (Å²) in [5.41, 5.74) is 2.49. The lowest BCUT2D eigenvalue weighted by Gasteiger charge is -2.32. The van der Waals surface area contributed by atoms with Crippen molar-refractivity contribution >= 4 is 11.7 Å². The minimum atomic E-state index is -0.113. The van der Waals surface area contributed by atoms with Crippen molar-refractivity contribution in [1.82, 2.24) is 10.3 Å². The number of morpholine rings is 1. The van der Waals surface area contributed by atoms with Crippen LogP contribution in [0.4, 0.5) is 5.82 Å². The number of hydrogen-bond acceptors (Lipinski definition) is 5. The first kappa shape index (κ1) is 17.5. The van der Waals surface area contributed by atoms with Crippen LogP contribution in [0.1, 0.15) is 39.9 Å². The summed E-state index contributed by atoms with van der Waals surface area (Å²) in [6.07, 6.45) is 2.04. The lowest BCUT2D eigenvalue weighted by atomic mass is 10.1. The van der Waals surface area contributed by atoms with Gasteiger partial charge in [-0.3, -0.25) is 4.79 Å². The summed E-state index contributed by atoms with van der Waals surface area (Å²) in [6, 6.07) is 4.00. The van der Waals surface area contributed by atoms with Gasteiger partial charge in [-0.1, -0.05) is 6.07 Å². The van der Waals surface area contributed by atoms with Crippen LogP contribution in [0.3, 0.4) is 0 Å². The van der Waals surface area contributed by atoms with Gasteiger partial charge < -0.3 is 19.4 Å². The van der Waals surface area contributed by atoms with Gasteiger partial charge in [0.1, 0.15) is 17.3 Å². The Labute approximate surface area is 148 Å². The maximum Gasteiger partial charge on any atom is 0.255 e. The van der Waals surface area contributed by atoms with Gasteiger partial charge in [-0.05, 0) is 39.3 Å². The van der Waals surface area contributed by atoms with Crippen LogP contribution in [0.25, 0.3) is 0 Å². The molecule has 1 atom stereocenters. The zero-order valence-corrected chi connectivity index (χ0v) is 15.3. The van der Waals surface area contributed by atoms with Gasteiger partial charge in [0.2, 0.25) is 0 Å². The molecule has 2 aromatic heterocycles. The van der Waals surface area contributed by atoms with E-state index in [9.17, 15) is 4.79 Å². The Kier molecular flexibility index (Phi) is 5.08. The number of carbonyl (C=O) groups is 1. The maximum absolute atomic E-state index is 12.4. The van der Waals surface area contributed by atoms with E-state index in [1.807, 2.05) is 39.1 Å². The van der Waals surface area contributed by atoms with Crippen molar-refractivity contribution in [2.24, 2.45) is 0 Å². The van der Waals surface area contributed by atoms with Crippen LogP contribution in [0.5, 0.6) is 0 Å². The highest BCUT2D eigenvalue weighted by Gasteiger charge is 2.19. The first-order valence-corrected chi connectivity index (χ1v) is 8.62. The van der Waals surface area contributed by atoms with Crippen LogP contribution < -0.4 is 10.2 Å². The SMILES string of the molecule is Cc1oc(C)c(C(=O)NCc2ccc(N3CCO[C@H](C)C3)nc2)c1C. The summed E-state index contributed by atoms with van der Waals surface area (Å²) in [5.74, 6) is 2.27. The third-order valence-corrected chi connectivity index (χ3v) is 4.62. The highest BCUT2D eigenvalue weighted by Crippen LogP contribution is 2.20. The van der Waals surface area contributed by atoms with E-state index in [4.69, 9.17) is 9.15 Å². The van der Waals surface area contributed by atoms with Crippen molar-refractivity contribution in [1.29, 1.82) is 0 Å². The minimum absolute atomic E-state index is 0.113. The first-order chi connectivity index (χ1) is 12.0. The molecule has 1 saturated heterocycles. The fourth-order valence-corrected chi connectivity index (χ4v) is 3.13. The van der Waals surface area contributed by atoms with Crippen molar-refractivity contribution in [2.45, 2.75) is 40.3 Å². The van der Waals surface area contributed by atoms with Crippen LogP contribution in [-0.4, -0.2) is 36.7 Å². The molecular weight excluding hydrogens is 318 g/mol. The van der Waals surface area contributed by atoms with Crippen molar-refractivity contribution < 1.29 is 13.9 Å². The third-order valence-electron chi connectivity index (χ3n) is 4.62. The Bertz CT molecular complexity index is 752. The number of nitrogens with zero attached hydrogens (tertiary/aromatic N) is 2. The Morgan fingerprint density at radius 3 is 2.72 bits per heavy atom. The summed E-state index contributed by atoms with van der Waals surface area (Å²) >= 11 is 0. The fourth-order valence-electron chi connectivity index (χ4n) is 3.13. The molecule has 3 heterocycles. The van der Waals surface area contributed by atoms with Crippen molar-refractivity contribution in [3.8, 4) is 0 Å². The lowest BCUT2D eigenvalue weighted by molar-refractivity contribution is 0.0529. The highest BCUT2D eigenvalue weighted by molar-refractivity contribution is 5.96.